The van der Waals surface area contributed by atoms with E-state index in [1.165, 1.54) is 6.07 Å². The number of carbonyl (C=O) groups is 1. The molecule has 6 heteroatoms. The van der Waals surface area contributed by atoms with E-state index in [4.69, 9.17) is 19.2 Å². The highest BCUT2D eigenvalue weighted by Crippen LogP contribution is 2.24. The van der Waals surface area contributed by atoms with Crippen molar-refractivity contribution in [2.75, 3.05) is 6.61 Å². The molecule has 0 atom stereocenters. The van der Waals surface area contributed by atoms with Crippen molar-refractivity contribution in [1.29, 1.82) is 5.26 Å². The monoisotopic (exact) mass is 425 g/mol. The van der Waals surface area contributed by atoms with Gasteiger partial charge in [-0.05, 0) is 60.0 Å². The number of benzene rings is 3. The lowest BCUT2D eigenvalue weighted by atomic mass is 10.0. The molecule has 3 aromatic carbocycles. The number of rotatable bonds is 6. The number of hydrogen-bond acceptors (Lipinski definition) is 6. The van der Waals surface area contributed by atoms with Crippen molar-refractivity contribution in [1.82, 2.24) is 0 Å². The topological polar surface area (TPSA) is 89.5 Å². The summed E-state index contributed by atoms with van der Waals surface area (Å²) in [4.78, 5) is 24.9. The van der Waals surface area contributed by atoms with Crippen LogP contribution in [0.2, 0.25) is 0 Å². The molecule has 1 aromatic heterocycles. The number of esters is 1. The van der Waals surface area contributed by atoms with Crippen molar-refractivity contribution in [2.24, 2.45) is 0 Å². The average molecular weight is 425 g/mol. The molecule has 0 unspecified atom stereocenters. The molecule has 6 nitrogen and oxygen atoms in total. The number of nitrogens with zero attached hydrogens (tertiary/aromatic N) is 1. The van der Waals surface area contributed by atoms with E-state index in [0.717, 1.165) is 17.5 Å². The Hall–Kier alpha value is -4.37. The smallest absolute Gasteiger partial charge is 0.351 e. The van der Waals surface area contributed by atoms with Crippen LogP contribution in [-0.2, 0) is 0 Å². The standard InChI is InChI=1S/C26H19NO5/c1-2-13-30-22-12-9-20-14-23(26(29)32-24(20)15-22)25(28)31-21-10-7-19(8-11-21)18-5-3-17(16-27)4-6-18/h3-12,14-15H,2,13H2,1H3. The Labute approximate surface area is 184 Å². The minimum Gasteiger partial charge on any atom is -0.493 e. The molecule has 0 aliphatic heterocycles. The molecule has 0 radical (unpaired) electrons. The van der Waals surface area contributed by atoms with Gasteiger partial charge in [-0.3, -0.25) is 0 Å². The predicted molar refractivity (Wildman–Crippen MR) is 120 cm³/mol. The Morgan fingerprint density at radius 3 is 2.25 bits per heavy atom. The second-order valence-electron chi connectivity index (χ2n) is 7.10. The van der Waals surface area contributed by atoms with Crippen LogP contribution in [0.4, 0.5) is 0 Å². The van der Waals surface area contributed by atoms with Crippen LogP contribution in [0.1, 0.15) is 29.3 Å². The van der Waals surface area contributed by atoms with Gasteiger partial charge in [0.25, 0.3) is 0 Å². The molecule has 0 saturated carbocycles. The van der Waals surface area contributed by atoms with E-state index in [9.17, 15) is 9.59 Å². The fourth-order valence-corrected chi connectivity index (χ4v) is 3.16. The van der Waals surface area contributed by atoms with Crippen molar-refractivity contribution in [3.8, 4) is 28.7 Å². The second-order valence-corrected chi connectivity index (χ2v) is 7.10. The third-order valence-corrected chi connectivity index (χ3v) is 4.81. The maximum absolute atomic E-state index is 12.6. The van der Waals surface area contributed by atoms with Crippen LogP contribution in [0.5, 0.6) is 11.5 Å². The highest BCUT2D eigenvalue weighted by atomic mass is 16.5. The molecular formula is C26H19NO5. The average Bonchev–Trinajstić information content (AvgIpc) is 2.82. The van der Waals surface area contributed by atoms with Gasteiger partial charge in [-0.25, -0.2) is 9.59 Å². The number of carbonyl (C=O) groups excluding carboxylic acids is 1. The van der Waals surface area contributed by atoms with Gasteiger partial charge < -0.3 is 13.9 Å². The number of nitriles is 1. The summed E-state index contributed by atoms with van der Waals surface area (Å²) >= 11 is 0. The van der Waals surface area contributed by atoms with Gasteiger partial charge in [0, 0.05) is 11.5 Å². The Balaban J connectivity index is 1.52. The number of fused-ring (bicyclic) bond motifs is 1. The molecule has 4 aromatic rings. The van der Waals surface area contributed by atoms with Crippen LogP contribution in [0, 0.1) is 11.3 Å². The molecule has 32 heavy (non-hydrogen) atoms. The fourth-order valence-electron chi connectivity index (χ4n) is 3.16. The quantitative estimate of drug-likeness (QED) is 0.235. The van der Waals surface area contributed by atoms with Crippen LogP contribution in [0.15, 0.2) is 82.0 Å². The Morgan fingerprint density at radius 2 is 1.59 bits per heavy atom. The van der Waals surface area contributed by atoms with Crippen molar-refractivity contribution < 1.29 is 18.7 Å². The third kappa shape index (κ3) is 4.52. The van der Waals surface area contributed by atoms with Gasteiger partial charge >= 0.3 is 11.6 Å². The van der Waals surface area contributed by atoms with Gasteiger partial charge in [-0.1, -0.05) is 31.2 Å². The summed E-state index contributed by atoms with van der Waals surface area (Å²) in [5, 5.41) is 9.50. The third-order valence-electron chi connectivity index (χ3n) is 4.81. The lowest BCUT2D eigenvalue weighted by molar-refractivity contribution is 0.0730. The summed E-state index contributed by atoms with van der Waals surface area (Å²) in [7, 11) is 0. The number of ether oxygens (including phenoxy) is 2. The Kier molecular flexibility index (Phi) is 6.00. The summed E-state index contributed by atoms with van der Waals surface area (Å²) in [6, 6.07) is 22.7. The van der Waals surface area contributed by atoms with Crippen LogP contribution in [0.3, 0.4) is 0 Å². The molecule has 0 saturated heterocycles. The zero-order chi connectivity index (χ0) is 22.5. The Bertz CT molecular complexity index is 1360. The predicted octanol–water partition coefficient (Wildman–Crippen LogP) is 5.34. The Morgan fingerprint density at radius 1 is 0.938 bits per heavy atom. The van der Waals surface area contributed by atoms with Crippen LogP contribution in [-0.4, -0.2) is 12.6 Å². The zero-order valence-corrected chi connectivity index (χ0v) is 17.3. The van der Waals surface area contributed by atoms with Gasteiger partial charge in [-0.2, -0.15) is 5.26 Å². The van der Waals surface area contributed by atoms with E-state index in [1.54, 1.807) is 54.6 Å². The van der Waals surface area contributed by atoms with Crippen LogP contribution >= 0.6 is 0 Å². The fraction of sp³-hybridized carbons (Fsp3) is 0.115. The molecule has 0 amide bonds. The van der Waals surface area contributed by atoms with Gasteiger partial charge in [-0.15, -0.1) is 0 Å². The first kappa shape index (κ1) is 20.9. The van der Waals surface area contributed by atoms with Crippen molar-refractivity contribution in [2.45, 2.75) is 13.3 Å². The van der Waals surface area contributed by atoms with E-state index in [-0.39, 0.29) is 5.56 Å². The second kappa shape index (κ2) is 9.19. The summed E-state index contributed by atoms with van der Waals surface area (Å²) in [6.45, 7) is 2.56. The van der Waals surface area contributed by atoms with E-state index >= 15 is 0 Å². The lowest BCUT2D eigenvalue weighted by Gasteiger charge is -2.07. The van der Waals surface area contributed by atoms with Crippen LogP contribution < -0.4 is 15.1 Å². The summed E-state index contributed by atoms with van der Waals surface area (Å²) in [5.41, 5.74) is 1.80. The lowest BCUT2D eigenvalue weighted by Crippen LogP contribution is -2.18. The SMILES string of the molecule is CCCOc1ccc2cc(C(=O)Oc3ccc(-c4ccc(C#N)cc4)cc3)c(=O)oc2c1. The van der Waals surface area contributed by atoms with Gasteiger partial charge in [0.1, 0.15) is 22.6 Å². The van der Waals surface area contributed by atoms with E-state index in [1.807, 2.05) is 19.1 Å². The molecule has 0 bridgehead atoms. The van der Waals surface area contributed by atoms with E-state index in [0.29, 0.717) is 34.6 Å². The molecular weight excluding hydrogens is 406 g/mol. The molecule has 158 valence electrons. The summed E-state index contributed by atoms with van der Waals surface area (Å²) in [6.07, 6.45) is 0.862. The van der Waals surface area contributed by atoms with Crippen molar-refractivity contribution >= 4 is 16.9 Å². The first-order valence-electron chi connectivity index (χ1n) is 10.1. The van der Waals surface area contributed by atoms with Crippen molar-refractivity contribution in [3.05, 3.63) is 94.3 Å². The first-order chi connectivity index (χ1) is 15.6. The van der Waals surface area contributed by atoms with E-state index in [2.05, 4.69) is 6.07 Å². The minimum atomic E-state index is -0.793. The van der Waals surface area contributed by atoms with Crippen molar-refractivity contribution in [3.63, 3.8) is 0 Å². The highest BCUT2D eigenvalue weighted by molar-refractivity contribution is 5.94. The van der Waals surface area contributed by atoms with Crippen LogP contribution in [0.25, 0.3) is 22.1 Å². The molecule has 0 fully saturated rings. The maximum Gasteiger partial charge on any atom is 0.351 e. The minimum absolute atomic E-state index is 0.184. The van der Waals surface area contributed by atoms with Gasteiger partial charge in [0.2, 0.25) is 0 Å². The summed E-state index contributed by atoms with van der Waals surface area (Å²) in [5.74, 6) is 0.105. The molecule has 1 heterocycles. The largest absolute Gasteiger partial charge is 0.493 e. The molecule has 0 aliphatic carbocycles. The maximum atomic E-state index is 12.6. The first-order valence-corrected chi connectivity index (χ1v) is 10.1. The van der Waals surface area contributed by atoms with E-state index < -0.39 is 11.6 Å². The highest BCUT2D eigenvalue weighted by Gasteiger charge is 2.16. The normalized spacial score (nSPS) is 10.5. The zero-order valence-electron chi connectivity index (χ0n) is 17.3. The molecule has 0 aliphatic rings. The van der Waals surface area contributed by atoms with Gasteiger partial charge in [0.15, 0.2) is 0 Å². The molecule has 4 rings (SSSR count). The van der Waals surface area contributed by atoms with Gasteiger partial charge in [0.05, 0.1) is 18.2 Å². The number of hydrogen-bond donors (Lipinski definition) is 0. The molecule has 0 spiro atoms. The summed E-state index contributed by atoms with van der Waals surface area (Å²) < 4.78 is 16.2. The molecule has 0 N–H and O–H groups in total.